The Balaban J connectivity index is 2.52. The molecule has 4 nitrogen and oxygen atoms in total. The summed E-state index contributed by atoms with van der Waals surface area (Å²) in [4.78, 5) is 11.1. The van der Waals surface area contributed by atoms with Crippen molar-refractivity contribution in [1.29, 1.82) is 0 Å². The van der Waals surface area contributed by atoms with E-state index in [1.54, 1.807) is 6.92 Å². The summed E-state index contributed by atoms with van der Waals surface area (Å²) in [5.74, 6) is -2.34. The van der Waals surface area contributed by atoms with Crippen LogP contribution in [0.1, 0.15) is 6.92 Å². The second-order valence-electron chi connectivity index (χ2n) is 3.24. The summed E-state index contributed by atoms with van der Waals surface area (Å²) in [6.45, 7) is 1.62. The third-order valence-electron chi connectivity index (χ3n) is 1.90. The van der Waals surface area contributed by atoms with Gasteiger partial charge in [-0.3, -0.25) is 4.79 Å². The van der Waals surface area contributed by atoms with Crippen LogP contribution in [-0.4, -0.2) is 25.2 Å². The molecule has 0 bridgehead atoms. The molecule has 1 aromatic carbocycles. The molecule has 17 heavy (non-hydrogen) atoms. The molecule has 94 valence electrons. The van der Waals surface area contributed by atoms with E-state index in [0.717, 1.165) is 12.1 Å². The molecule has 0 aliphatic carbocycles. The van der Waals surface area contributed by atoms with E-state index in [-0.39, 0.29) is 19.0 Å². The summed E-state index contributed by atoms with van der Waals surface area (Å²) in [5.41, 5.74) is 5.44. The van der Waals surface area contributed by atoms with Gasteiger partial charge in [-0.15, -0.1) is 0 Å². The predicted octanol–water partition coefficient (Wildman–Crippen LogP) is 1.23. The molecule has 0 fully saturated rings. The van der Waals surface area contributed by atoms with E-state index in [1.165, 1.54) is 0 Å². The van der Waals surface area contributed by atoms with Crippen molar-refractivity contribution < 1.29 is 23.0 Å². The Labute approximate surface area is 97.3 Å². The smallest absolute Gasteiger partial charge is 0.326 e. The molecule has 1 unspecified atom stereocenters. The first kappa shape index (κ1) is 13.4. The van der Waals surface area contributed by atoms with E-state index in [9.17, 15) is 13.6 Å². The number of carbonyl (C=O) groups is 1. The first-order valence-electron chi connectivity index (χ1n) is 5.04. The van der Waals surface area contributed by atoms with Crippen molar-refractivity contribution in [3.05, 3.63) is 29.8 Å². The SMILES string of the molecule is CCOC(=O)C(N)COc1ccc(F)cc1F. The fourth-order valence-electron chi connectivity index (χ4n) is 1.09. The third kappa shape index (κ3) is 3.99. The van der Waals surface area contributed by atoms with Crippen LogP contribution in [0.15, 0.2) is 18.2 Å². The number of rotatable bonds is 5. The summed E-state index contributed by atoms with van der Waals surface area (Å²) in [5, 5.41) is 0. The van der Waals surface area contributed by atoms with Gasteiger partial charge in [-0.25, -0.2) is 8.78 Å². The van der Waals surface area contributed by atoms with Gasteiger partial charge in [-0.1, -0.05) is 0 Å². The molecule has 1 rings (SSSR count). The van der Waals surface area contributed by atoms with Crippen LogP contribution in [0.25, 0.3) is 0 Å². The highest BCUT2D eigenvalue weighted by molar-refractivity contribution is 5.75. The topological polar surface area (TPSA) is 61.5 Å². The van der Waals surface area contributed by atoms with E-state index in [2.05, 4.69) is 4.74 Å². The standard InChI is InChI=1S/C11H13F2NO3/c1-2-16-11(15)9(14)6-17-10-4-3-7(12)5-8(10)13/h3-5,9H,2,6,14H2,1H3. The summed E-state index contributed by atoms with van der Waals surface area (Å²) in [7, 11) is 0. The van der Waals surface area contributed by atoms with Gasteiger partial charge in [0.2, 0.25) is 0 Å². The van der Waals surface area contributed by atoms with Crippen LogP contribution in [0, 0.1) is 11.6 Å². The number of nitrogens with two attached hydrogens (primary N) is 1. The van der Waals surface area contributed by atoms with Crippen LogP contribution in [0.3, 0.4) is 0 Å². The Morgan fingerprint density at radius 1 is 1.47 bits per heavy atom. The van der Waals surface area contributed by atoms with Gasteiger partial charge in [0.05, 0.1) is 6.61 Å². The lowest BCUT2D eigenvalue weighted by molar-refractivity contribution is -0.145. The van der Waals surface area contributed by atoms with Crippen molar-refractivity contribution >= 4 is 5.97 Å². The van der Waals surface area contributed by atoms with E-state index in [0.29, 0.717) is 6.07 Å². The molecule has 0 saturated heterocycles. The quantitative estimate of drug-likeness (QED) is 0.793. The second kappa shape index (κ2) is 6.15. The molecule has 0 amide bonds. The maximum absolute atomic E-state index is 13.1. The van der Waals surface area contributed by atoms with Crippen LogP contribution in [0.4, 0.5) is 8.78 Å². The molecule has 6 heteroatoms. The second-order valence-corrected chi connectivity index (χ2v) is 3.24. The average Bonchev–Trinajstić information content (AvgIpc) is 2.27. The van der Waals surface area contributed by atoms with Gasteiger partial charge in [0.15, 0.2) is 11.6 Å². The number of esters is 1. The van der Waals surface area contributed by atoms with Crippen LogP contribution < -0.4 is 10.5 Å². The summed E-state index contributed by atoms with van der Waals surface area (Å²) in [6, 6.07) is 1.86. The van der Waals surface area contributed by atoms with Gasteiger partial charge >= 0.3 is 5.97 Å². The van der Waals surface area contributed by atoms with Gasteiger partial charge in [-0.2, -0.15) is 0 Å². The van der Waals surface area contributed by atoms with Crippen molar-refractivity contribution in [2.45, 2.75) is 13.0 Å². The first-order chi connectivity index (χ1) is 8.04. The van der Waals surface area contributed by atoms with Crippen LogP contribution in [-0.2, 0) is 9.53 Å². The van der Waals surface area contributed by atoms with E-state index in [1.807, 2.05) is 0 Å². The Morgan fingerprint density at radius 3 is 2.76 bits per heavy atom. The Hall–Kier alpha value is -1.69. The predicted molar refractivity (Wildman–Crippen MR) is 56.5 cm³/mol. The lowest BCUT2D eigenvalue weighted by Crippen LogP contribution is -2.37. The Kier molecular flexibility index (Phi) is 4.84. The molecule has 0 radical (unpaired) electrons. The zero-order valence-electron chi connectivity index (χ0n) is 9.28. The van der Waals surface area contributed by atoms with Gasteiger partial charge < -0.3 is 15.2 Å². The highest BCUT2D eigenvalue weighted by Gasteiger charge is 2.16. The zero-order valence-corrected chi connectivity index (χ0v) is 9.28. The molecule has 1 aromatic rings. The summed E-state index contributed by atoms with van der Waals surface area (Å²) in [6.07, 6.45) is 0. The normalized spacial score (nSPS) is 12.0. The van der Waals surface area contributed by atoms with E-state index < -0.39 is 23.6 Å². The molecule has 0 heterocycles. The van der Waals surface area contributed by atoms with Crippen molar-refractivity contribution in [2.75, 3.05) is 13.2 Å². The fourth-order valence-corrected chi connectivity index (χ4v) is 1.09. The lowest BCUT2D eigenvalue weighted by Gasteiger charge is -2.12. The van der Waals surface area contributed by atoms with Crippen LogP contribution in [0.2, 0.25) is 0 Å². The van der Waals surface area contributed by atoms with Crippen molar-refractivity contribution in [2.24, 2.45) is 5.73 Å². The molecule has 0 aliphatic heterocycles. The molecule has 0 saturated carbocycles. The van der Waals surface area contributed by atoms with Gasteiger partial charge in [-0.05, 0) is 19.1 Å². The number of hydrogen-bond acceptors (Lipinski definition) is 4. The van der Waals surface area contributed by atoms with Gasteiger partial charge in [0.25, 0.3) is 0 Å². The summed E-state index contributed by atoms with van der Waals surface area (Å²) >= 11 is 0. The average molecular weight is 245 g/mol. The molecular formula is C11H13F2NO3. The maximum atomic E-state index is 13.1. The lowest BCUT2D eigenvalue weighted by atomic mass is 10.3. The van der Waals surface area contributed by atoms with Crippen molar-refractivity contribution in [3.8, 4) is 5.75 Å². The first-order valence-corrected chi connectivity index (χ1v) is 5.04. The van der Waals surface area contributed by atoms with Crippen molar-refractivity contribution in [3.63, 3.8) is 0 Å². The number of benzene rings is 1. The number of carbonyl (C=O) groups excluding carboxylic acids is 1. The maximum Gasteiger partial charge on any atom is 0.326 e. The minimum atomic E-state index is -1.00. The number of halogens is 2. The Bertz CT molecular complexity index is 398. The third-order valence-corrected chi connectivity index (χ3v) is 1.90. The molecule has 2 N–H and O–H groups in total. The zero-order chi connectivity index (χ0) is 12.8. The van der Waals surface area contributed by atoms with Crippen molar-refractivity contribution in [1.82, 2.24) is 0 Å². The largest absolute Gasteiger partial charge is 0.488 e. The molecule has 0 spiro atoms. The molecule has 0 aromatic heterocycles. The fraction of sp³-hybridized carbons (Fsp3) is 0.364. The summed E-state index contributed by atoms with van der Waals surface area (Å²) < 4.78 is 35.3. The van der Waals surface area contributed by atoms with E-state index >= 15 is 0 Å². The molecular weight excluding hydrogens is 232 g/mol. The van der Waals surface area contributed by atoms with Gasteiger partial charge in [0.1, 0.15) is 18.5 Å². The minimum Gasteiger partial charge on any atom is -0.488 e. The number of ether oxygens (including phenoxy) is 2. The minimum absolute atomic E-state index is 0.161. The Morgan fingerprint density at radius 2 is 2.18 bits per heavy atom. The van der Waals surface area contributed by atoms with E-state index in [4.69, 9.17) is 10.5 Å². The number of hydrogen-bond donors (Lipinski definition) is 1. The molecule has 0 aliphatic rings. The highest BCUT2D eigenvalue weighted by Crippen LogP contribution is 2.17. The van der Waals surface area contributed by atoms with Gasteiger partial charge in [0, 0.05) is 6.07 Å². The monoisotopic (exact) mass is 245 g/mol. The molecule has 1 atom stereocenters. The highest BCUT2D eigenvalue weighted by atomic mass is 19.1. The van der Waals surface area contributed by atoms with Crippen LogP contribution in [0.5, 0.6) is 5.75 Å². The van der Waals surface area contributed by atoms with Crippen LogP contribution >= 0.6 is 0 Å².